The lowest BCUT2D eigenvalue weighted by Gasteiger charge is -2.19. The lowest BCUT2D eigenvalue weighted by atomic mass is 9.99. The van der Waals surface area contributed by atoms with Crippen LogP contribution >= 0.6 is 0 Å². The molecule has 0 aromatic rings. The minimum atomic E-state index is -0.968. The zero-order chi connectivity index (χ0) is 10.4. The summed E-state index contributed by atoms with van der Waals surface area (Å²) in [6, 6.07) is 0. The predicted molar refractivity (Wildman–Crippen MR) is 56.8 cm³/mol. The first-order valence-corrected chi connectivity index (χ1v) is 6.52. The molecule has 0 spiro atoms. The molecule has 0 heterocycles. The van der Waals surface area contributed by atoms with Crippen molar-refractivity contribution in [2.75, 3.05) is 19.5 Å². The van der Waals surface area contributed by atoms with Gasteiger partial charge in [-0.1, -0.05) is 6.42 Å². The van der Waals surface area contributed by atoms with Crippen LogP contribution in [-0.4, -0.2) is 34.7 Å². The molecule has 0 aromatic carbocycles. The van der Waals surface area contributed by atoms with E-state index in [0.717, 1.165) is 25.7 Å². The van der Waals surface area contributed by atoms with Crippen LogP contribution in [0, 0.1) is 0 Å². The van der Waals surface area contributed by atoms with Crippen LogP contribution in [0.4, 0.5) is 0 Å². The Bertz CT molecular complexity index is 215. The molecular formula is C10H18O3S. The molecule has 14 heavy (non-hydrogen) atoms. The summed E-state index contributed by atoms with van der Waals surface area (Å²) in [6.07, 6.45) is 4.25. The molecular weight excluding hydrogens is 200 g/mol. The van der Waals surface area contributed by atoms with Crippen LogP contribution in [-0.2, 0) is 20.3 Å². The summed E-state index contributed by atoms with van der Waals surface area (Å²) >= 11 is 0. The highest BCUT2D eigenvalue weighted by Gasteiger charge is 2.26. The van der Waals surface area contributed by atoms with E-state index in [2.05, 4.69) is 0 Å². The van der Waals surface area contributed by atoms with E-state index >= 15 is 0 Å². The minimum absolute atomic E-state index is 0.180. The number of carbonyl (C=O) groups is 1. The summed E-state index contributed by atoms with van der Waals surface area (Å²) in [5, 5.41) is -0.180. The van der Waals surface area contributed by atoms with Crippen molar-refractivity contribution in [2.45, 2.75) is 37.4 Å². The molecule has 2 atom stereocenters. The average Bonchev–Trinajstić information content (AvgIpc) is 2.18. The molecule has 0 radical (unpaired) electrons. The molecule has 82 valence electrons. The van der Waals surface area contributed by atoms with Gasteiger partial charge in [0.2, 0.25) is 0 Å². The van der Waals surface area contributed by atoms with Crippen LogP contribution in [0.2, 0.25) is 0 Å². The van der Waals surface area contributed by atoms with Gasteiger partial charge in [0.05, 0.1) is 5.25 Å². The van der Waals surface area contributed by atoms with Crippen LogP contribution in [0.3, 0.4) is 0 Å². The van der Waals surface area contributed by atoms with Gasteiger partial charge in [-0.3, -0.25) is 9.00 Å². The Morgan fingerprint density at radius 3 is 2.93 bits per heavy atom. The van der Waals surface area contributed by atoms with Crippen molar-refractivity contribution in [2.24, 2.45) is 0 Å². The summed E-state index contributed by atoms with van der Waals surface area (Å²) < 4.78 is 16.6. The van der Waals surface area contributed by atoms with Gasteiger partial charge in [0.15, 0.2) is 0 Å². The average molecular weight is 218 g/mol. The molecule has 0 aliphatic heterocycles. The molecule has 0 aromatic heterocycles. The van der Waals surface area contributed by atoms with Crippen molar-refractivity contribution in [3.8, 4) is 0 Å². The number of rotatable bonds is 5. The Balaban J connectivity index is 2.31. The summed E-state index contributed by atoms with van der Waals surface area (Å²) in [7, 11) is 0.666. The van der Waals surface area contributed by atoms with Crippen LogP contribution in [0.5, 0.6) is 0 Å². The van der Waals surface area contributed by atoms with Crippen molar-refractivity contribution in [1.82, 2.24) is 0 Å². The first-order valence-electron chi connectivity index (χ1n) is 5.14. The lowest BCUT2D eigenvalue weighted by molar-refractivity contribution is -0.119. The van der Waals surface area contributed by atoms with Crippen LogP contribution in [0.15, 0.2) is 0 Å². The highest BCUT2D eigenvalue weighted by Crippen LogP contribution is 2.19. The molecule has 1 aliphatic rings. The first kappa shape index (κ1) is 11.9. The maximum atomic E-state index is 11.7. The van der Waals surface area contributed by atoms with Gasteiger partial charge in [-0.15, -0.1) is 0 Å². The standard InChI is InChI=1S/C10H18O3S/c1-13-7-4-8-14(12)10-6-3-2-5-9(10)11/h10H,2-8H2,1H3. The monoisotopic (exact) mass is 218 g/mol. The summed E-state index contributed by atoms with van der Waals surface area (Å²) in [4.78, 5) is 11.4. The highest BCUT2D eigenvalue weighted by molar-refractivity contribution is 7.86. The molecule has 1 saturated carbocycles. The van der Waals surface area contributed by atoms with E-state index in [1.165, 1.54) is 0 Å². The fraction of sp³-hybridized carbons (Fsp3) is 0.900. The maximum Gasteiger partial charge on any atom is 0.148 e. The summed E-state index contributed by atoms with van der Waals surface area (Å²) in [5.41, 5.74) is 0. The van der Waals surface area contributed by atoms with Gasteiger partial charge in [0.1, 0.15) is 5.78 Å². The third kappa shape index (κ3) is 3.50. The van der Waals surface area contributed by atoms with Crippen LogP contribution in [0.25, 0.3) is 0 Å². The van der Waals surface area contributed by atoms with Gasteiger partial charge in [0.25, 0.3) is 0 Å². The molecule has 4 heteroatoms. The van der Waals surface area contributed by atoms with Gasteiger partial charge in [-0.25, -0.2) is 0 Å². The van der Waals surface area contributed by atoms with Crippen molar-refractivity contribution in [1.29, 1.82) is 0 Å². The fourth-order valence-electron chi connectivity index (χ4n) is 1.72. The topological polar surface area (TPSA) is 43.4 Å². The van der Waals surface area contributed by atoms with E-state index in [4.69, 9.17) is 4.74 Å². The molecule has 1 aliphatic carbocycles. The van der Waals surface area contributed by atoms with Gasteiger partial charge in [0, 0.05) is 36.7 Å². The Morgan fingerprint density at radius 1 is 1.50 bits per heavy atom. The number of ether oxygens (including phenoxy) is 1. The van der Waals surface area contributed by atoms with E-state index in [1.54, 1.807) is 7.11 Å². The van der Waals surface area contributed by atoms with Crippen molar-refractivity contribution < 1.29 is 13.7 Å². The third-order valence-electron chi connectivity index (χ3n) is 2.51. The van der Waals surface area contributed by atoms with Gasteiger partial charge in [-0.05, 0) is 19.3 Å². The number of methoxy groups -OCH3 is 1. The van der Waals surface area contributed by atoms with E-state index in [-0.39, 0.29) is 11.0 Å². The summed E-state index contributed by atoms with van der Waals surface area (Å²) in [6.45, 7) is 0.632. The predicted octanol–water partition coefficient (Wildman–Crippen LogP) is 1.28. The zero-order valence-corrected chi connectivity index (χ0v) is 9.48. The SMILES string of the molecule is COCCCS(=O)C1CCCCC1=O. The number of hydrogen-bond acceptors (Lipinski definition) is 3. The molecule has 0 amide bonds. The molecule has 1 rings (SSSR count). The smallest absolute Gasteiger partial charge is 0.148 e. The van der Waals surface area contributed by atoms with Gasteiger partial charge >= 0.3 is 0 Å². The quantitative estimate of drug-likeness (QED) is 0.653. The number of ketones is 1. The van der Waals surface area contributed by atoms with Crippen LogP contribution < -0.4 is 0 Å². The second-order valence-corrected chi connectivity index (χ2v) is 5.37. The van der Waals surface area contributed by atoms with Crippen LogP contribution in [0.1, 0.15) is 32.1 Å². The minimum Gasteiger partial charge on any atom is -0.385 e. The highest BCUT2D eigenvalue weighted by atomic mass is 32.2. The van der Waals surface area contributed by atoms with E-state index in [0.29, 0.717) is 18.8 Å². The Hall–Kier alpha value is -0.220. The normalized spacial score (nSPS) is 24.9. The Kier molecular flexibility index (Phi) is 5.33. The second kappa shape index (κ2) is 6.30. The number of Topliss-reactive ketones (excluding diaryl/α,β-unsaturated/α-hetero) is 1. The molecule has 2 unspecified atom stereocenters. The largest absolute Gasteiger partial charge is 0.385 e. The Labute approximate surface area is 87.7 Å². The first-order chi connectivity index (χ1) is 6.75. The Morgan fingerprint density at radius 2 is 2.29 bits per heavy atom. The zero-order valence-electron chi connectivity index (χ0n) is 8.66. The van der Waals surface area contributed by atoms with Crippen molar-refractivity contribution in [3.05, 3.63) is 0 Å². The molecule has 3 nitrogen and oxygen atoms in total. The molecule has 0 N–H and O–H groups in total. The van der Waals surface area contributed by atoms with Crippen molar-refractivity contribution in [3.63, 3.8) is 0 Å². The second-order valence-electron chi connectivity index (χ2n) is 3.63. The number of hydrogen-bond donors (Lipinski definition) is 0. The van der Waals surface area contributed by atoms with E-state index < -0.39 is 10.8 Å². The van der Waals surface area contributed by atoms with E-state index in [1.807, 2.05) is 0 Å². The molecule has 0 saturated heterocycles. The van der Waals surface area contributed by atoms with Gasteiger partial charge in [-0.2, -0.15) is 0 Å². The maximum absolute atomic E-state index is 11.7. The summed E-state index contributed by atoms with van der Waals surface area (Å²) in [5.74, 6) is 0.802. The molecule has 1 fully saturated rings. The van der Waals surface area contributed by atoms with E-state index in [9.17, 15) is 9.00 Å². The molecule has 0 bridgehead atoms. The number of carbonyl (C=O) groups excluding carboxylic acids is 1. The van der Waals surface area contributed by atoms with Gasteiger partial charge < -0.3 is 4.74 Å². The third-order valence-corrected chi connectivity index (χ3v) is 4.33. The fourth-order valence-corrected chi connectivity index (χ4v) is 3.24. The lowest BCUT2D eigenvalue weighted by Crippen LogP contribution is -2.30. The van der Waals surface area contributed by atoms with Crippen molar-refractivity contribution >= 4 is 16.6 Å².